The van der Waals surface area contributed by atoms with E-state index in [0.29, 0.717) is 5.69 Å². The van der Waals surface area contributed by atoms with E-state index >= 15 is 0 Å². The average molecular weight is 268 g/mol. The van der Waals surface area contributed by atoms with Gasteiger partial charge in [0.05, 0.1) is 11.0 Å². The number of aldehydes is 1. The van der Waals surface area contributed by atoms with Gasteiger partial charge in [0.25, 0.3) is 0 Å². The topological polar surface area (TPSA) is 42.9 Å². The number of aryl methyl sites for hydroxylation is 1. The van der Waals surface area contributed by atoms with Crippen molar-refractivity contribution in [1.29, 1.82) is 0 Å². The molecule has 19 heavy (non-hydrogen) atoms. The molecule has 2 heterocycles. The smallest absolute Gasteiger partial charge is 0.168 e. The Balaban J connectivity index is 2.57. The Kier molecular flexibility index (Phi) is 2.95. The molecule has 0 radical (unpaired) electrons. The SMILES string of the molecule is CSc1cc(C=O)nc2c1cc(C)c1cccnc12. The van der Waals surface area contributed by atoms with Crippen LogP contribution in [-0.4, -0.2) is 22.5 Å². The second kappa shape index (κ2) is 4.63. The molecule has 1 aromatic carbocycles. The second-order valence-electron chi connectivity index (χ2n) is 4.36. The zero-order chi connectivity index (χ0) is 13.4. The molecule has 3 aromatic rings. The number of benzene rings is 1. The first-order valence-corrected chi connectivity index (χ1v) is 7.15. The van der Waals surface area contributed by atoms with E-state index in [4.69, 9.17) is 0 Å². The first kappa shape index (κ1) is 12.1. The molecule has 0 bridgehead atoms. The van der Waals surface area contributed by atoms with Gasteiger partial charge in [-0.05, 0) is 36.9 Å². The monoisotopic (exact) mass is 268 g/mol. The van der Waals surface area contributed by atoms with Crippen LogP contribution in [-0.2, 0) is 0 Å². The van der Waals surface area contributed by atoms with E-state index in [1.807, 2.05) is 24.5 Å². The largest absolute Gasteiger partial charge is 0.296 e. The predicted octanol–water partition coefficient (Wildman–Crippen LogP) is 3.63. The van der Waals surface area contributed by atoms with Crippen LogP contribution in [0.2, 0.25) is 0 Å². The lowest BCUT2D eigenvalue weighted by molar-refractivity contribution is 0.111. The summed E-state index contributed by atoms with van der Waals surface area (Å²) in [5.74, 6) is 0. The summed E-state index contributed by atoms with van der Waals surface area (Å²) in [6, 6.07) is 7.90. The average Bonchev–Trinajstić information content (AvgIpc) is 2.47. The summed E-state index contributed by atoms with van der Waals surface area (Å²) in [6.07, 6.45) is 4.55. The van der Waals surface area contributed by atoms with Gasteiger partial charge < -0.3 is 0 Å². The van der Waals surface area contributed by atoms with Crippen molar-refractivity contribution in [2.24, 2.45) is 0 Å². The Bertz CT molecular complexity index is 799. The molecule has 2 aromatic heterocycles. The molecule has 94 valence electrons. The van der Waals surface area contributed by atoms with E-state index < -0.39 is 0 Å². The molecule has 0 aliphatic heterocycles. The highest BCUT2D eigenvalue weighted by atomic mass is 32.2. The van der Waals surface area contributed by atoms with Crippen molar-refractivity contribution in [2.75, 3.05) is 6.26 Å². The molecule has 0 aliphatic rings. The third kappa shape index (κ3) is 1.88. The van der Waals surface area contributed by atoms with Crippen LogP contribution in [0.15, 0.2) is 35.4 Å². The summed E-state index contributed by atoms with van der Waals surface area (Å²) in [5, 5.41) is 2.14. The zero-order valence-electron chi connectivity index (χ0n) is 10.7. The van der Waals surface area contributed by atoms with Crippen LogP contribution >= 0.6 is 11.8 Å². The van der Waals surface area contributed by atoms with Crippen LogP contribution in [0.4, 0.5) is 0 Å². The van der Waals surface area contributed by atoms with Crippen LogP contribution in [0, 0.1) is 6.92 Å². The van der Waals surface area contributed by atoms with E-state index in [9.17, 15) is 4.79 Å². The van der Waals surface area contributed by atoms with E-state index in [1.165, 1.54) is 5.56 Å². The summed E-state index contributed by atoms with van der Waals surface area (Å²) in [4.78, 5) is 20.9. The minimum Gasteiger partial charge on any atom is -0.296 e. The molecule has 0 saturated carbocycles. The number of aromatic nitrogens is 2. The van der Waals surface area contributed by atoms with Gasteiger partial charge in [0.2, 0.25) is 0 Å². The summed E-state index contributed by atoms with van der Waals surface area (Å²) in [5.41, 5.74) is 3.28. The Labute approximate surface area is 115 Å². The van der Waals surface area contributed by atoms with Crippen molar-refractivity contribution in [3.8, 4) is 0 Å². The van der Waals surface area contributed by atoms with Gasteiger partial charge in [-0.3, -0.25) is 9.78 Å². The number of rotatable bonds is 2. The van der Waals surface area contributed by atoms with Crippen molar-refractivity contribution in [3.05, 3.63) is 41.7 Å². The quantitative estimate of drug-likeness (QED) is 0.404. The van der Waals surface area contributed by atoms with Crippen molar-refractivity contribution in [3.63, 3.8) is 0 Å². The van der Waals surface area contributed by atoms with Crippen LogP contribution in [0.1, 0.15) is 16.1 Å². The summed E-state index contributed by atoms with van der Waals surface area (Å²) in [6.45, 7) is 2.07. The molecule has 0 N–H and O–H groups in total. The van der Waals surface area contributed by atoms with Crippen molar-refractivity contribution in [1.82, 2.24) is 9.97 Å². The van der Waals surface area contributed by atoms with Gasteiger partial charge >= 0.3 is 0 Å². The van der Waals surface area contributed by atoms with Crippen LogP contribution in [0.3, 0.4) is 0 Å². The molecule has 0 amide bonds. The maximum Gasteiger partial charge on any atom is 0.168 e. The fraction of sp³-hybridized carbons (Fsp3) is 0.133. The predicted molar refractivity (Wildman–Crippen MR) is 78.9 cm³/mol. The maximum atomic E-state index is 11.0. The third-order valence-electron chi connectivity index (χ3n) is 3.20. The van der Waals surface area contributed by atoms with E-state index in [2.05, 4.69) is 23.0 Å². The lowest BCUT2D eigenvalue weighted by Gasteiger charge is -2.09. The van der Waals surface area contributed by atoms with E-state index in [1.54, 1.807) is 18.0 Å². The van der Waals surface area contributed by atoms with Crippen molar-refractivity contribution in [2.45, 2.75) is 11.8 Å². The Hall–Kier alpha value is -1.94. The molecule has 0 atom stereocenters. The van der Waals surface area contributed by atoms with E-state index in [-0.39, 0.29) is 0 Å². The number of carbonyl (C=O) groups excluding carboxylic acids is 1. The summed E-state index contributed by atoms with van der Waals surface area (Å²) in [7, 11) is 0. The number of thioether (sulfide) groups is 1. The number of pyridine rings is 2. The maximum absolute atomic E-state index is 11.0. The van der Waals surface area contributed by atoms with Crippen LogP contribution < -0.4 is 0 Å². The molecular weight excluding hydrogens is 256 g/mol. The Morgan fingerprint density at radius 2 is 2.05 bits per heavy atom. The number of carbonyl (C=O) groups is 1. The molecule has 0 spiro atoms. The first-order valence-electron chi connectivity index (χ1n) is 5.93. The lowest BCUT2D eigenvalue weighted by Crippen LogP contribution is -1.94. The summed E-state index contributed by atoms with van der Waals surface area (Å²) >= 11 is 1.62. The minimum absolute atomic E-state index is 0.452. The van der Waals surface area contributed by atoms with Crippen LogP contribution in [0.25, 0.3) is 21.8 Å². The summed E-state index contributed by atoms with van der Waals surface area (Å²) < 4.78 is 0. The van der Waals surface area contributed by atoms with Gasteiger partial charge in [-0.15, -0.1) is 11.8 Å². The molecule has 3 nitrogen and oxygen atoms in total. The molecule has 3 rings (SSSR count). The van der Waals surface area contributed by atoms with Gasteiger partial charge in [0.1, 0.15) is 5.69 Å². The second-order valence-corrected chi connectivity index (χ2v) is 5.20. The van der Waals surface area contributed by atoms with Gasteiger partial charge in [0.15, 0.2) is 6.29 Å². The molecule has 0 aliphatic carbocycles. The van der Waals surface area contributed by atoms with Crippen molar-refractivity contribution >= 4 is 39.9 Å². The van der Waals surface area contributed by atoms with Gasteiger partial charge in [-0.2, -0.15) is 0 Å². The molecule has 0 fully saturated rings. The van der Waals surface area contributed by atoms with Crippen molar-refractivity contribution < 1.29 is 4.79 Å². The molecule has 0 unspecified atom stereocenters. The third-order valence-corrected chi connectivity index (χ3v) is 3.98. The Morgan fingerprint density at radius 1 is 1.21 bits per heavy atom. The standard InChI is InChI=1S/C15H12N2OS/c1-9-6-12-13(19-2)7-10(8-18)17-15(12)14-11(9)4-3-5-16-14/h3-8H,1-2H3. The molecule has 4 heteroatoms. The number of fused-ring (bicyclic) bond motifs is 3. The lowest BCUT2D eigenvalue weighted by atomic mass is 10.0. The highest BCUT2D eigenvalue weighted by Gasteiger charge is 2.11. The fourth-order valence-electron chi connectivity index (χ4n) is 2.31. The first-order chi connectivity index (χ1) is 9.24. The van der Waals surface area contributed by atoms with Gasteiger partial charge in [-0.1, -0.05) is 6.07 Å². The molecular formula is C15H12N2OS. The highest BCUT2D eigenvalue weighted by molar-refractivity contribution is 7.98. The number of hydrogen-bond donors (Lipinski definition) is 0. The van der Waals surface area contributed by atoms with E-state index in [0.717, 1.165) is 33.0 Å². The highest BCUT2D eigenvalue weighted by Crippen LogP contribution is 2.32. The zero-order valence-corrected chi connectivity index (χ0v) is 11.5. The number of nitrogens with zero attached hydrogens (tertiary/aromatic N) is 2. The van der Waals surface area contributed by atoms with Gasteiger partial charge in [0, 0.05) is 21.9 Å². The molecule has 0 saturated heterocycles. The minimum atomic E-state index is 0.452. The fourth-order valence-corrected chi connectivity index (χ4v) is 2.92. The number of hydrogen-bond acceptors (Lipinski definition) is 4. The van der Waals surface area contributed by atoms with Gasteiger partial charge in [-0.25, -0.2) is 4.98 Å². The Morgan fingerprint density at radius 3 is 2.79 bits per heavy atom. The normalized spacial score (nSPS) is 11.1. The van der Waals surface area contributed by atoms with Crippen LogP contribution in [0.5, 0.6) is 0 Å².